The van der Waals surface area contributed by atoms with Crippen molar-refractivity contribution in [2.24, 2.45) is 5.92 Å². The quantitative estimate of drug-likeness (QED) is 0.148. The fourth-order valence-electron chi connectivity index (χ4n) is 7.45. The number of fused-ring (bicyclic) bond motifs is 2. The van der Waals surface area contributed by atoms with Crippen LogP contribution < -0.4 is 10.6 Å². The van der Waals surface area contributed by atoms with Gasteiger partial charge in [0.15, 0.2) is 0 Å². The van der Waals surface area contributed by atoms with E-state index in [-0.39, 0.29) is 29.8 Å². The Morgan fingerprint density at radius 1 is 0.727 bits per heavy atom. The first-order valence-corrected chi connectivity index (χ1v) is 18.5. The Morgan fingerprint density at radius 2 is 1.24 bits per heavy atom. The number of imidazole rings is 2. The van der Waals surface area contributed by atoms with Crippen molar-refractivity contribution in [2.75, 3.05) is 27.3 Å². The largest absolute Gasteiger partial charge is 0.453 e. The number of hydrogen-bond donors (Lipinski definition) is 4. The van der Waals surface area contributed by atoms with Crippen LogP contribution in [-0.2, 0) is 19.1 Å². The number of carbonyl (C=O) groups is 4. The van der Waals surface area contributed by atoms with E-state index in [1.165, 1.54) is 14.2 Å². The molecule has 5 aromatic rings. The smallest absolute Gasteiger partial charge is 0.407 e. The number of H-pyrrole nitrogens is 2. The molecule has 2 aromatic heterocycles. The van der Waals surface area contributed by atoms with Gasteiger partial charge in [0.2, 0.25) is 5.91 Å². The maximum atomic E-state index is 13.9. The number of hydrogen-bond acceptors (Lipinski definition) is 8. The summed E-state index contributed by atoms with van der Waals surface area (Å²) in [5.41, 5.74) is 5.38. The van der Waals surface area contributed by atoms with Crippen LogP contribution in [0.2, 0.25) is 0 Å². The zero-order valence-corrected chi connectivity index (χ0v) is 31.2. The van der Waals surface area contributed by atoms with E-state index >= 15 is 0 Å². The minimum absolute atomic E-state index is 0.120. The van der Waals surface area contributed by atoms with Crippen molar-refractivity contribution >= 4 is 46.1 Å². The molecule has 4 amide bonds. The molecular formula is C41H44N8O6. The molecule has 14 heteroatoms. The van der Waals surface area contributed by atoms with Crippen molar-refractivity contribution in [2.45, 2.75) is 63.7 Å². The SMILES string of the molecule is COC(=O)N[C@H](C(=O)N1CCC[C@H]1c1nc2cc(C#Cc3ccc4[nH]c([C@@H]5CCCN5C(=O)[C@H](NC(=O)OC)c5ccccc5)nc4c3)ccc2[nH]1)C(C)C. The first kappa shape index (κ1) is 37.0. The van der Waals surface area contributed by atoms with Gasteiger partial charge >= 0.3 is 12.2 Å². The van der Waals surface area contributed by atoms with Crippen molar-refractivity contribution in [3.63, 3.8) is 0 Å². The van der Waals surface area contributed by atoms with Gasteiger partial charge in [-0.05, 0) is 73.6 Å². The number of nitrogens with zero attached hydrogens (tertiary/aromatic N) is 4. The number of aromatic nitrogens is 4. The maximum absolute atomic E-state index is 13.9. The molecule has 2 saturated heterocycles. The van der Waals surface area contributed by atoms with E-state index in [4.69, 9.17) is 19.4 Å². The monoisotopic (exact) mass is 744 g/mol. The summed E-state index contributed by atoms with van der Waals surface area (Å²) in [6.07, 6.45) is 1.80. The lowest BCUT2D eigenvalue weighted by Gasteiger charge is -2.29. The third-order valence-electron chi connectivity index (χ3n) is 10.3. The number of alkyl carbamates (subject to hydrolysis) is 2. The highest BCUT2D eigenvalue weighted by atomic mass is 16.5. The standard InChI is InChI=1S/C41H44N8O6/c1-24(2)34(46-40(52)54-3)38(50)48-20-8-12-32(48)36-42-28-18-16-25(22-30(28)44-36)14-15-26-17-19-29-31(23-26)45-37(43-29)33-13-9-21-49(33)39(51)35(47-41(53)55-4)27-10-6-5-7-11-27/h5-7,10-11,16-19,22-24,32-35H,8-9,12-13,20-21H2,1-4H3,(H,42,44)(H,43,45)(H,46,52)(H,47,53)/t32-,33-,34-,35+/m0/s1. The number of likely N-dealkylation sites (tertiary alicyclic amines) is 2. The van der Waals surface area contributed by atoms with Crippen LogP contribution in [0, 0.1) is 17.8 Å². The van der Waals surface area contributed by atoms with E-state index in [0.717, 1.165) is 58.9 Å². The van der Waals surface area contributed by atoms with Gasteiger partial charge in [-0.2, -0.15) is 0 Å². The molecule has 0 bridgehead atoms. The fraction of sp³-hybridized carbons (Fsp3) is 0.366. The van der Waals surface area contributed by atoms with Gasteiger partial charge in [-0.3, -0.25) is 9.59 Å². The maximum Gasteiger partial charge on any atom is 0.407 e. The summed E-state index contributed by atoms with van der Waals surface area (Å²) in [4.78, 5) is 71.8. The van der Waals surface area contributed by atoms with Crippen molar-refractivity contribution < 1.29 is 28.7 Å². The van der Waals surface area contributed by atoms with E-state index in [2.05, 4.69) is 32.4 Å². The second-order valence-corrected chi connectivity index (χ2v) is 14.2. The molecule has 4 heterocycles. The Hall–Kier alpha value is -6.36. The molecule has 0 aliphatic carbocycles. The molecule has 2 aliphatic rings. The molecule has 55 heavy (non-hydrogen) atoms. The number of aromatic amines is 2. The Balaban J connectivity index is 1.07. The summed E-state index contributed by atoms with van der Waals surface area (Å²) in [7, 11) is 2.56. The normalized spacial score (nSPS) is 17.8. The van der Waals surface area contributed by atoms with Crippen molar-refractivity contribution in [3.05, 3.63) is 95.1 Å². The highest BCUT2D eigenvalue weighted by molar-refractivity contribution is 5.88. The average Bonchev–Trinajstić information content (AvgIpc) is 4.03. The van der Waals surface area contributed by atoms with Crippen LogP contribution in [0.4, 0.5) is 9.59 Å². The summed E-state index contributed by atoms with van der Waals surface area (Å²) in [5.74, 6) is 7.37. The molecule has 284 valence electrons. The third kappa shape index (κ3) is 7.82. The molecule has 14 nitrogen and oxygen atoms in total. The first-order valence-electron chi connectivity index (χ1n) is 18.5. The number of nitrogens with one attached hydrogen (secondary N) is 4. The predicted octanol–water partition coefficient (Wildman–Crippen LogP) is 5.64. The number of methoxy groups -OCH3 is 2. The lowest BCUT2D eigenvalue weighted by Crippen LogP contribution is -2.51. The second kappa shape index (κ2) is 15.9. The summed E-state index contributed by atoms with van der Waals surface area (Å²) >= 11 is 0. The van der Waals surface area contributed by atoms with Gasteiger partial charge in [0.25, 0.3) is 5.91 Å². The Bertz CT molecular complexity index is 2290. The van der Waals surface area contributed by atoms with Crippen molar-refractivity contribution in [1.29, 1.82) is 0 Å². The number of ether oxygens (including phenoxy) is 2. The van der Waals surface area contributed by atoms with Crippen molar-refractivity contribution in [3.8, 4) is 11.8 Å². The van der Waals surface area contributed by atoms with Gasteiger partial charge in [-0.15, -0.1) is 0 Å². The van der Waals surface area contributed by atoms with E-state index in [1.807, 2.05) is 80.6 Å². The molecule has 0 radical (unpaired) electrons. The average molecular weight is 745 g/mol. The van der Waals surface area contributed by atoms with Crippen LogP contribution in [0.5, 0.6) is 0 Å². The van der Waals surface area contributed by atoms with Gasteiger partial charge in [0.05, 0.1) is 48.4 Å². The summed E-state index contributed by atoms with van der Waals surface area (Å²) in [5, 5.41) is 5.39. The zero-order chi connectivity index (χ0) is 38.6. The van der Waals surface area contributed by atoms with E-state index in [9.17, 15) is 19.2 Å². The molecule has 2 fully saturated rings. The Labute approximate surface area is 318 Å². The zero-order valence-electron chi connectivity index (χ0n) is 31.2. The van der Waals surface area contributed by atoms with Gasteiger partial charge in [-0.1, -0.05) is 56.0 Å². The van der Waals surface area contributed by atoms with Gasteiger partial charge in [-0.25, -0.2) is 19.6 Å². The van der Waals surface area contributed by atoms with E-state index < -0.39 is 24.3 Å². The molecule has 3 aromatic carbocycles. The molecule has 0 unspecified atom stereocenters. The van der Waals surface area contributed by atoms with Crippen LogP contribution >= 0.6 is 0 Å². The topological polar surface area (TPSA) is 175 Å². The number of rotatable bonds is 8. The Morgan fingerprint density at radius 3 is 1.75 bits per heavy atom. The molecule has 0 saturated carbocycles. The van der Waals surface area contributed by atoms with Crippen LogP contribution in [0.3, 0.4) is 0 Å². The van der Waals surface area contributed by atoms with Crippen LogP contribution in [0.25, 0.3) is 22.1 Å². The van der Waals surface area contributed by atoms with E-state index in [1.54, 1.807) is 9.80 Å². The summed E-state index contributed by atoms with van der Waals surface area (Å²) in [6, 6.07) is 18.6. The van der Waals surface area contributed by atoms with Crippen LogP contribution in [0.15, 0.2) is 66.7 Å². The number of carbonyl (C=O) groups excluding carboxylic acids is 4. The fourth-order valence-corrected chi connectivity index (χ4v) is 7.45. The third-order valence-corrected chi connectivity index (χ3v) is 10.3. The minimum Gasteiger partial charge on any atom is -0.453 e. The van der Waals surface area contributed by atoms with Crippen molar-refractivity contribution in [1.82, 2.24) is 40.4 Å². The highest BCUT2D eigenvalue weighted by Crippen LogP contribution is 2.35. The molecule has 4 atom stereocenters. The molecule has 7 rings (SSSR count). The lowest BCUT2D eigenvalue weighted by atomic mass is 10.0. The highest BCUT2D eigenvalue weighted by Gasteiger charge is 2.39. The van der Waals surface area contributed by atoms with Gasteiger partial charge < -0.3 is 39.9 Å². The second-order valence-electron chi connectivity index (χ2n) is 14.2. The lowest BCUT2D eigenvalue weighted by molar-refractivity contribution is -0.135. The molecular weight excluding hydrogens is 701 g/mol. The molecule has 0 spiro atoms. The van der Waals surface area contributed by atoms with Gasteiger partial charge in [0, 0.05) is 24.2 Å². The number of benzene rings is 3. The predicted molar refractivity (Wildman–Crippen MR) is 204 cm³/mol. The molecule has 2 aliphatic heterocycles. The van der Waals surface area contributed by atoms with Crippen LogP contribution in [0.1, 0.15) is 86.0 Å². The summed E-state index contributed by atoms with van der Waals surface area (Å²) in [6.45, 7) is 4.89. The number of amides is 4. The van der Waals surface area contributed by atoms with E-state index in [0.29, 0.717) is 30.3 Å². The Kier molecular flexibility index (Phi) is 10.7. The first-order chi connectivity index (χ1) is 26.6. The van der Waals surface area contributed by atoms with Gasteiger partial charge in [0.1, 0.15) is 23.7 Å². The van der Waals surface area contributed by atoms with Crippen LogP contribution in [-0.4, -0.2) is 87.1 Å². The minimum atomic E-state index is -0.895. The molecule has 4 N–H and O–H groups in total. The summed E-state index contributed by atoms with van der Waals surface area (Å²) < 4.78 is 9.57.